The first-order valence-electron chi connectivity index (χ1n) is 6.47. The van der Waals surface area contributed by atoms with Crippen molar-refractivity contribution in [3.63, 3.8) is 0 Å². The van der Waals surface area contributed by atoms with E-state index in [-0.39, 0.29) is 24.9 Å². The summed E-state index contributed by atoms with van der Waals surface area (Å²) in [6, 6.07) is 3.58. The molecule has 1 aliphatic rings. The van der Waals surface area contributed by atoms with Crippen molar-refractivity contribution in [3.8, 4) is 0 Å². The highest BCUT2D eigenvalue weighted by Crippen LogP contribution is 2.13. The molecule has 2 rings (SSSR count). The minimum Gasteiger partial charge on any atom is -0.463 e. The predicted octanol–water partition coefficient (Wildman–Crippen LogP) is 0.319. The Kier molecular flexibility index (Phi) is 4.21. The Morgan fingerprint density at radius 3 is 2.42 bits per heavy atom. The summed E-state index contributed by atoms with van der Waals surface area (Å²) in [4.78, 5) is 27.0. The fraction of sp³-hybridized carbons (Fsp3) is 0.538. The van der Waals surface area contributed by atoms with Gasteiger partial charge in [0.2, 0.25) is 11.8 Å². The average molecular weight is 265 g/mol. The highest BCUT2D eigenvalue weighted by molar-refractivity contribution is 5.92. The number of hydrogen-bond acceptors (Lipinski definition) is 4. The van der Waals surface area contributed by atoms with Crippen LogP contribution in [0.25, 0.3) is 0 Å². The maximum Gasteiger partial charge on any atom is 0.243 e. The Labute approximate surface area is 112 Å². The summed E-state index contributed by atoms with van der Waals surface area (Å²) < 4.78 is 5.45. The number of piperazine rings is 1. The van der Waals surface area contributed by atoms with Gasteiger partial charge in [0.15, 0.2) is 0 Å². The van der Waals surface area contributed by atoms with Crippen LogP contribution in [-0.2, 0) is 22.7 Å². The van der Waals surface area contributed by atoms with Gasteiger partial charge in [0.25, 0.3) is 0 Å². The molecule has 6 heteroatoms. The normalized spacial score (nSPS) is 16.3. The predicted molar refractivity (Wildman–Crippen MR) is 68.9 cm³/mol. The first kappa shape index (κ1) is 13.6. The van der Waals surface area contributed by atoms with Crippen LogP contribution in [0.1, 0.15) is 24.9 Å². The van der Waals surface area contributed by atoms with Gasteiger partial charge in [-0.05, 0) is 18.6 Å². The third-order valence-corrected chi connectivity index (χ3v) is 3.12. The molecule has 1 aliphatic heterocycles. The molecule has 1 fully saturated rings. The summed E-state index contributed by atoms with van der Waals surface area (Å²) >= 11 is 0. The summed E-state index contributed by atoms with van der Waals surface area (Å²) in [5.41, 5.74) is 5.46. The number of nitrogens with zero attached hydrogens (tertiary/aromatic N) is 2. The van der Waals surface area contributed by atoms with E-state index < -0.39 is 0 Å². The van der Waals surface area contributed by atoms with Gasteiger partial charge in [0, 0.05) is 6.54 Å². The number of amides is 2. The Balaban J connectivity index is 1.98. The minimum absolute atomic E-state index is 0.00736. The van der Waals surface area contributed by atoms with E-state index in [9.17, 15) is 9.59 Å². The van der Waals surface area contributed by atoms with Crippen LogP contribution >= 0.6 is 0 Å². The van der Waals surface area contributed by atoms with Crippen molar-refractivity contribution in [1.29, 1.82) is 0 Å². The highest BCUT2D eigenvalue weighted by Gasteiger charge is 2.29. The second-order valence-corrected chi connectivity index (χ2v) is 4.64. The van der Waals surface area contributed by atoms with E-state index in [4.69, 9.17) is 10.2 Å². The monoisotopic (exact) mass is 265 g/mol. The lowest BCUT2D eigenvalue weighted by Crippen LogP contribution is -2.53. The SMILES string of the molecule is CCCN1CC(=O)N(Cc2ccc(CN)o2)CC1=O. The molecular formula is C13H19N3O3. The lowest BCUT2D eigenvalue weighted by atomic mass is 10.2. The van der Waals surface area contributed by atoms with Gasteiger partial charge in [0.05, 0.1) is 19.6 Å². The fourth-order valence-corrected chi connectivity index (χ4v) is 2.13. The molecule has 1 aromatic rings. The Bertz CT molecular complexity index is 469. The second kappa shape index (κ2) is 5.88. The van der Waals surface area contributed by atoms with Crippen molar-refractivity contribution >= 4 is 11.8 Å². The lowest BCUT2D eigenvalue weighted by molar-refractivity contribution is -0.150. The van der Waals surface area contributed by atoms with Crippen molar-refractivity contribution < 1.29 is 14.0 Å². The van der Waals surface area contributed by atoms with E-state index in [0.29, 0.717) is 31.2 Å². The molecule has 2 N–H and O–H groups in total. The van der Waals surface area contributed by atoms with Gasteiger partial charge in [-0.25, -0.2) is 0 Å². The lowest BCUT2D eigenvalue weighted by Gasteiger charge is -2.33. The van der Waals surface area contributed by atoms with E-state index in [1.54, 1.807) is 17.0 Å². The standard InChI is InChI=1S/C13H19N3O3/c1-2-5-15-8-13(18)16(9-12(15)17)7-11-4-3-10(6-14)19-11/h3-4H,2,5-9,14H2,1H3. The molecule has 0 spiro atoms. The van der Waals surface area contributed by atoms with Crippen LogP contribution in [0.2, 0.25) is 0 Å². The quantitative estimate of drug-likeness (QED) is 0.831. The number of furan rings is 1. The zero-order chi connectivity index (χ0) is 13.8. The molecule has 0 bridgehead atoms. The van der Waals surface area contributed by atoms with Gasteiger partial charge < -0.3 is 20.0 Å². The van der Waals surface area contributed by atoms with Crippen LogP contribution in [-0.4, -0.2) is 41.2 Å². The average Bonchev–Trinajstić information content (AvgIpc) is 2.83. The number of carbonyl (C=O) groups is 2. The molecule has 0 saturated carbocycles. The topological polar surface area (TPSA) is 79.8 Å². The summed E-state index contributed by atoms with van der Waals surface area (Å²) in [6.07, 6.45) is 0.858. The molecule has 2 heterocycles. The molecule has 0 unspecified atom stereocenters. The first-order valence-corrected chi connectivity index (χ1v) is 6.47. The van der Waals surface area contributed by atoms with Crippen molar-refractivity contribution in [2.75, 3.05) is 19.6 Å². The first-order chi connectivity index (χ1) is 9.13. The Hall–Kier alpha value is -1.82. The Morgan fingerprint density at radius 2 is 1.79 bits per heavy atom. The maximum absolute atomic E-state index is 12.0. The van der Waals surface area contributed by atoms with E-state index >= 15 is 0 Å². The maximum atomic E-state index is 12.0. The second-order valence-electron chi connectivity index (χ2n) is 4.64. The zero-order valence-corrected chi connectivity index (χ0v) is 11.1. The molecule has 6 nitrogen and oxygen atoms in total. The van der Waals surface area contributed by atoms with E-state index in [1.165, 1.54) is 4.90 Å². The largest absolute Gasteiger partial charge is 0.463 e. The zero-order valence-electron chi connectivity index (χ0n) is 11.1. The summed E-state index contributed by atoms with van der Waals surface area (Å²) in [5, 5.41) is 0. The van der Waals surface area contributed by atoms with Crippen LogP contribution in [0.5, 0.6) is 0 Å². The molecular weight excluding hydrogens is 246 g/mol. The Morgan fingerprint density at radius 1 is 1.16 bits per heavy atom. The molecule has 19 heavy (non-hydrogen) atoms. The molecule has 0 atom stereocenters. The highest BCUT2D eigenvalue weighted by atomic mass is 16.3. The van der Waals surface area contributed by atoms with Gasteiger partial charge >= 0.3 is 0 Å². The van der Waals surface area contributed by atoms with Gasteiger partial charge in [-0.15, -0.1) is 0 Å². The molecule has 2 amide bonds. The third kappa shape index (κ3) is 3.14. The van der Waals surface area contributed by atoms with Crippen LogP contribution in [0.15, 0.2) is 16.5 Å². The molecule has 0 aliphatic carbocycles. The van der Waals surface area contributed by atoms with E-state index in [1.807, 2.05) is 6.92 Å². The van der Waals surface area contributed by atoms with Gasteiger partial charge in [0.1, 0.15) is 18.1 Å². The van der Waals surface area contributed by atoms with E-state index in [2.05, 4.69) is 0 Å². The fourth-order valence-electron chi connectivity index (χ4n) is 2.13. The van der Waals surface area contributed by atoms with Crippen molar-refractivity contribution in [1.82, 2.24) is 9.80 Å². The minimum atomic E-state index is -0.0428. The number of rotatable bonds is 5. The molecule has 1 saturated heterocycles. The van der Waals surface area contributed by atoms with Gasteiger partial charge in [-0.3, -0.25) is 9.59 Å². The van der Waals surface area contributed by atoms with Crippen LogP contribution < -0.4 is 5.73 Å². The molecule has 1 aromatic heterocycles. The van der Waals surface area contributed by atoms with Crippen molar-refractivity contribution in [3.05, 3.63) is 23.7 Å². The summed E-state index contributed by atoms with van der Waals surface area (Å²) in [7, 11) is 0. The van der Waals surface area contributed by atoms with Crippen molar-refractivity contribution in [2.24, 2.45) is 5.73 Å². The van der Waals surface area contributed by atoms with Crippen LogP contribution in [0.3, 0.4) is 0 Å². The summed E-state index contributed by atoms with van der Waals surface area (Å²) in [6.45, 7) is 3.56. The van der Waals surface area contributed by atoms with E-state index in [0.717, 1.165) is 6.42 Å². The van der Waals surface area contributed by atoms with Gasteiger partial charge in [-0.1, -0.05) is 6.92 Å². The van der Waals surface area contributed by atoms with Crippen molar-refractivity contribution in [2.45, 2.75) is 26.4 Å². The molecule has 104 valence electrons. The number of carbonyl (C=O) groups excluding carboxylic acids is 2. The number of hydrogen-bond donors (Lipinski definition) is 1. The van der Waals surface area contributed by atoms with Crippen LogP contribution in [0, 0.1) is 0 Å². The number of nitrogens with two attached hydrogens (primary N) is 1. The smallest absolute Gasteiger partial charge is 0.243 e. The van der Waals surface area contributed by atoms with Gasteiger partial charge in [-0.2, -0.15) is 0 Å². The van der Waals surface area contributed by atoms with Crippen LogP contribution in [0.4, 0.5) is 0 Å². The molecule has 0 aromatic carbocycles. The third-order valence-electron chi connectivity index (χ3n) is 3.12. The summed E-state index contributed by atoms with van der Waals surface area (Å²) in [5.74, 6) is 1.29. The molecule has 0 radical (unpaired) electrons.